The number of nitrogens with one attached hydrogen (secondary N) is 1. The summed E-state index contributed by atoms with van der Waals surface area (Å²) in [6.45, 7) is 3.14. The van der Waals surface area contributed by atoms with Crippen molar-refractivity contribution < 1.29 is 0 Å². The Kier molecular flexibility index (Phi) is 5.66. The molecule has 0 spiro atoms. The van der Waals surface area contributed by atoms with Gasteiger partial charge in [0.2, 0.25) is 0 Å². The minimum atomic E-state index is 0.281. The molecule has 0 fully saturated rings. The van der Waals surface area contributed by atoms with E-state index < -0.39 is 0 Å². The summed E-state index contributed by atoms with van der Waals surface area (Å²) in [7, 11) is 4.16. The van der Waals surface area contributed by atoms with Crippen molar-refractivity contribution in [3.8, 4) is 0 Å². The molecule has 0 aliphatic rings. The van der Waals surface area contributed by atoms with Crippen molar-refractivity contribution in [1.29, 1.82) is 0 Å². The van der Waals surface area contributed by atoms with Crippen LogP contribution in [0.15, 0.2) is 48.5 Å². The van der Waals surface area contributed by atoms with Crippen LogP contribution >= 0.6 is 11.6 Å². The van der Waals surface area contributed by atoms with Crippen LogP contribution in [0.2, 0.25) is 5.02 Å². The third-order valence-electron chi connectivity index (χ3n) is 3.45. The molecule has 0 heterocycles. The fraction of sp³-hybridized carbons (Fsp3) is 0.333. The molecule has 1 unspecified atom stereocenters. The van der Waals surface area contributed by atoms with Gasteiger partial charge in [-0.05, 0) is 55.9 Å². The van der Waals surface area contributed by atoms with E-state index in [4.69, 9.17) is 11.6 Å². The number of hydrogen-bond acceptors (Lipinski definition) is 2. The zero-order valence-corrected chi connectivity index (χ0v) is 13.7. The quantitative estimate of drug-likeness (QED) is 0.811. The lowest BCUT2D eigenvalue weighted by Gasteiger charge is -2.19. The van der Waals surface area contributed by atoms with Gasteiger partial charge in [0.15, 0.2) is 0 Å². The van der Waals surface area contributed by atoms with Gasteiger partial charge in [0.25, 0.3) is 0 Å². The second-order valence-electron chi connectivity index (χ2n) is 5.59. The van der Waals surface area contributed by atoms with Crippen LogP contribution in [-0.4, -0.2) is 19.0 Å². The highest BCUT2D eigenvalue weighted by Gasteiger charge is 2.09. The number of rotatable bonds is 6. The minimum Gasteiger partial charge on any atom is -0.378 e. The summed E-state index contributed by atoms with van der Waals surface area (Å²) in [5, 5.41) is 4.37. The number of benzene rings is 2. The Labute approximate surface area is 132 Å². The first kappa shape index (κ1) is 15.9. The molecule has 112 valence electrons. The van der Waals surface area contributed by atoms with Crippen LogP contribution in [0.5, 0.6) is 0 Å². The van der Waals surface area contributed by atoms with Crippen molar-refractivity contribution in [2.45, 2.75) is 25.9 Å². The Morgan fingerprint density at radius 3 is 2.38 bits per heavy atom. The molecule has 0 aliphatic heterocycles. The summed E-state index contributed by atoms with van der Waals surface area (Å²) in [5.41, 5.74) is 3.69. The van der Waals surface area contributed by atoms with Gasteiger partial charge in [-0.1, -0.05) is 42.8 Å². The summed E-state index contributed by atoms with van der Waals surface area (Å²) >= 11 is 6.09. The zero-order chi connectivity index (χ0) is 15.2. The zero-order valence-electron chi connectivity index (χ0n) is 12.9. The molecule has 3 heteroatoms. The van der Waals surface area contributed by atoms with Gasteiger partial charge in [-0.2, -0.15) is 0 Å². The van der Waals surface area contributed by atoms with Gasteiger partial charge in [0.05, 0.1) is 6.04 Å². The highest BCUT2D eigenvalue weighted by Crippen LogP contribution is 2.25. The van der Waals surface area contributed by atoms with E-state index >= 15 is 0 Å². The molecule has 0 aromatic heterocycles. The van der Waals surface area contributed by atoms with Gasteiger partial charge in [0.1, 0.15) is 0 Å². The van der Waals surface area contributed by atoms with Crippen LogP contribution in [0.3, 0.4) is 0 Å². The van der Waals surface area contributed by atoms with Crippen molar-refractivity contribution in [1.82, 2.24) is 4.90 Å². The predicted molar refractivity (Wildman–Crippen MR) is 91.9 cm³/mol. The molecule has 0 amide bonds. The van der Waals surface area contributed by atoms with E-state index in [1.165, 1.54) is 11.1 Å². The van der Waals surface area contributed by atoms with Crippen molar-refractivity contribution in [3.63, 3.8) is 0 Å². The Morgan fingerprint density at radius 2 is 1.81 bits per heavy atom. The van der Waals surface area contributed by atoms with E-state index in [-0.39, 0.29) is 6.04 Å². The normalized spacial score (nSPS) is 12.4. The highest BCUT2D eigenvalue weighted by atomic mass is 35.5. The summed E-state index contributed by atoms with van der Waals surface area (Å²) < 4.78 is 0. The Morgan fingerprint density at radius 1 is 1.10 bits per heavy atom. The third kappa shape index (κ3) is 4.76. The molecular formula is C18H23ClN2. The van der Waals surface area contributed by atoms with E-state index in [1.807, 2.05) is 18.2 Å². The molecule has 21 heavy (non-hydrogen) atoms. The van der Waals surface area contributed by atoms with Gasteiger partial charge in [-0.15, -0.1) is 0 Å². The van der Waals surface area contributed by atoms with Crippen LogP contribution in [-0.2, 0) is 6.54 Å². The predicted octanol–water partition coefficient (Wildman–Crippen LogP) is 4.96. The van der Waals surface area contributed by atoms with E-state index in [0.29, 0.717) is 0 Å². The molecule has 2 rings (SSSR count). The van der Waals surface area contributed by atoms with Gasteiger partial charge in [-0.3, -0.25) is 0 Å². The van der Waals surface area contributed by atoms with Crippen LogP contribution in [0, 0.1) is 0 Å². The van der Waals surface area contributed by atoms with E-state index in [2.05, 4.69) is 61.6 Å². The molecule has 2 nitrogen and oxygen atoms in total. The van der Waals surface area contributed by atoms with Crippen molar-refractivity contribution in [3.05, 3.63) is 64.7 Å². The lowest BCUT2D eigenvalue weighted by atomic mass is 10.0. The molecule has 0 saturated carbocycles. The van der Waals surface area contributed by atoms with Crippen molar-refractivity contribution >= 4 is 17.3 Å². The molecule has 0 bridgehead atoms. The SMILES string of the molecule is CCC(Nc1ccc(CN(C)C)cc1)c1cccc(Cl)c1. The molecule has 1 atom stereocenters. The number of anilines is 1. The lowest BCUT2D eigenvalue weighted by molar-refractivity contribution is 0.402. The maximum atomic E-state index is 6.09. The monoisotopic (exact) mass is 302 g/mol. The summed E-state index contributed by atoms with van der Waals surface area (Å²) in [6, 6.07) is 17.0. The first-order valence-electron chi connectivity index (χ1n) is 7.34. The molecule has 2 aromatic carbocycles. The first-order chi connectivity index (χ1) is 10.1. The van der Waals surface area contributed by atoms with Crippen LogP contribution in [0.1, 0.15) is 30.5 Å². The average molecular weight is 303 g/mol. The maximum absolute atomic E-state index is 6.09. The number of hydrogen-bond donors (Lipinski definition) is 1. The standard InChI is InChI=1S/C18H23ClN2/c1-4-18(15-6-5-7-16(19)12-15)20-17-10-8-14(9-11-17)13-21(2)3/h5-12,18,20H,4,13H2,1-3H3. The Hall–Kier alpha value is -1.51. The summed E-state index contributed by atoms with van der Waals surface area (Å²) in [4.78, 5) is 2.17. The largest absolute Gasteiger partial charge is 0.378 e. The van der Waals surface area contributed by atoms with Crippen LogP contribution in [0.25, 0.3) is 0 Å². The Bertz CT molecular complexity index is 564. The fourth-order valence-corrected chi connectivity index (χ4v) is 2.62. The molecule has 0 radical (unpaired) electrons. The fourth-order valence-electron chi connectivity index (χ4n) is 2.42. The second kappa shape index (κ2) is 7.48. The lowest BCUT2D eigenvalue weighted by Crippen LogP contribution is -2.11. The van der Waals surface area contributed by atoms with Crippen LogP contribution in [0.4, 0.5) is 5.69 Å². The van der Waals surface area contributed by atoms with Gasteiger partial charge < -0.3 is 10.2 Å². The first-order valence-corrected chi connectivity index (χ1v) is 7.72. The van der Waals surface area contributed by atoms with Gasteiger partial charge >= 0.3 is 0 Å². The Balaban J connectivity index is 2.08. The third-order valence-corrected chi connectivity index (χ3v) is 3.69. The number of halogens is 1. The average Bonchev–Trinajstić information content (AvgIpc) is 2.46. The van der Waals surface area contributed by atoms with E-state index in [1.54, 1.807) is 0 Å². The van der Waals surface area contributed by atoms with E-state index in [9.17, 15) is 0 Å². The molecule has 0 saturated heterocycles. The topological polar surface area (TPSA) is 15.3 Å². The molecule has 2 aromatic rings. The highest BCUT2D eigenvalue weighted by molar-refractivity contribution is 6.30. The van der Waals surface area contributed by atoms with E-state index in [0.717, 1.165) is 23.7 Å². The smallest absolute Gasteiger partial charge is 0.0511 e. The molecule has 1 N–H and O–H groups in total. The van der Waals surface area contributed by atoms with Crippen molar-refractivity contribution in [2.24, 2.45) is 0 Å². The minimum absolute atomic E-state index is 0.281. The van der Waals surface area contributed by atoms with Gasteiger partial charge in [-0.25, -0.2) is 0 Å². The second-order valence-corrected chi connectivity index (χ2v) is 6.03. The summed E-state index contributed by atoms with van der Waals surface area (Å²) in [5.74, 6) is 0. The van der Waals surface area contributed by atoms with Crippen LogP contribution < -0.4 is 5.32 Å². The summed E-state index contributed by atoms with van der Waals surface area (Å²) in [6.07, 6.45) is 1.01. The maximum Gasteiger partial charge on any atom is 0.0511 e. The molecular weight excluding hydrogens is 280 g/mol. The van der Waals surface area contributed by atoms with Gasteiger partial charge in [0, 0.05) is 17.3 Å². The molecule has 0 aliphatic carbocycles. The van der Waals surface area contributed by atoms with Crippen molar-refractivity contribution in [2.75, 3.05) is 19.4 Å². The number of nitrogens with zero attached hydrogens (tertiary/aromatic N) is 1.